The molecule has 0 fully saturated rings. The number of nitrogens with one attached hydrogen (secondary N) is 1. The second kappa shape index (κ2) is 4.35. The van der Waals surface area contributed by atoms with Gasteiger partial charge in [-0.1, -0.05) is 41.6 Å². The standard InChI is InChI=1S/C10H12N4S/c1-7-2-4-8(5-3-7)6-15-10-12-9(11)13-14-10/h2-5H,6H2,1H3,(H3,11,12,13,14). The molecule has 1 aromatic heterocycles. The summed E-state index contributed by atoms with van der Waals surface area (Å²) >= 11 is 1.57. The van der Waals surface area contributed by atoms with Gasteiger partial charge in [0.25, 0.3) is 0 Å². The van der Waals surface area contributed by atoms with E-state index in [0.29, 0.717) is 11.1 Å². The van der Waals surface area contributed by atoms with Crippen LogP contribution in [0.15, 0.2) is 29.4 Å². The number of H-pyrrole nitrogens is 1. The van der Waals surface area contributed by atoms with Crippen molar-refractivity contribution in [3.05, 3.63) is 35.4 Å². The Kier molecular flexibility index (Phi) is 2.91. The van der Waals surface area contributed by atoms with Gasteiger partial charge in [-0.05, 0) is 12.5 Å². The van der Waals surface area contributed by atoms with Crippen molar-refractivity contribution in [1.29, 1.82) is 0 Å². The number of aromatic nitrogens is 3. The van der Waals surface area contributed by atoms with Crippen LogP contribution in [0.2, 0.25) is 0 Å². The lowest BCUT2D eigenvalue weighted by Gasteiger charge is -1.98. The first-order valence-corrected chi connectivity index (χ1v) is 5.59. The van der Waals surface area contributed by atoms with Crippen molar-refractivity contribution < 1.29 is 0 Å². The number of nitrogens with zero attached hydrogens (tertiary/aromatic N) is 2. The van der Waals surface area contributed by atoms with Crippen LogP contribution in [-0.4, -0.2) is 15.2 Å². The van der Waals surface area contributed by atoms with Crippen molar-refractivity contribution in [2.75, 3.05) is 5.73 Å². The molecule has 15 heavy (non-hydrogen) atoms. The van der Waals surface area contributed by atoms with E-state index in [0.717, 1.165) is 5.75 Å². The van der Waals surface area contributed by atoms with Gasteiger partial charge in [-0.2, -0.15) is 4.98 Å². The molecule has 1 aromatic carbocycles. The third-order valence-electron chi connectivity index (χ3n) is 1.97. The average Bonchev–Trinajstić information content (AvgIpc) is 2.64. The third kappa shape index (κ3) is 2.73. The molecule has 0 unspecified atom stereocenters. The van der Waals surface area contributed by atoms with E-state index in [4.69, 9.17) is 5.73 Å². The van der Waals surface area contributed by atoms with Gasteiger partial charge in [0.15, 0.2) is 0 Å². The second-order valence-corrected chi connectivity index (χ2v) is 4.22. The van der Waals surface area contributed by atoms with Gasteiger partial charge in [0.2, 0.25) is 11.1 Å². The maximum Gasteiger partial charge on any atom is 0.216 e. The summed E-state index contributed by atoms with van der Waals surface area (Å²) in [5.41, 5.74) is 7.95. The monoisotopic (exact) mass is 220 g/mol. The quantitative estimate of drug-likeness (QED) is 0.776. The zero-order valence-electron chi connectivity index (χ0n) is 8.40. The van der Waals surface area contributed by atoms with Gasteiger partial charge in [0.05, 0.1) is 0 Å². The van der Waals surface area contributed by atoms with E-state index in [1.165, 1.54) is 11.1 Å². The first-order valence-electron chi connectivity index (χ1n) is 4.60. The number of hydrogen-bond acceptors (Lipinski definition) is 4. The molecule has 2 rings (SSSR count). The number of aromatic amines is 1. The zero-order valence-corrected chi connectivity index (χ0v) is 9.21. The maximum absolute atomic E-state index is 5.42. The predicted octanol–water partition coefficient (Wildman–Crippen LogP) is 1.99. The molecule has 0 aliphatic carbocycles. The number of benzene rings is 1. The summed E-state index contributed by atoms with van der Waals surface area (Å²) in [6, 6.07) is 8.42. The van der Waals surface area contributed by atoms with Crippen LogP contribution in [-0.2, 0) is 5.75 Å². The summed E-state index contributed by atoms with van der Waals surface area (Å²) in [4.78, 5) is 4.02. The highest BCUT2D eigenvalue weighted by Crippen LogP contribution is 2.19. The minimum absolute atomic E-state index is 0.362. The van der Waals surface area contributed by atoms with Gasteiger partial charge in [0.1, 0.15) is 0 Å². The first-order chi connectivity index (χ1) is 7.24. The summed E-state index contributed by atoms with van der Waals surface area (Å²) in [5.74, 6) is 1.22. The van der Waals surface area contributed by atoms with E-state index in [9.17, 15) is 0 Å². The molecule has 0 saturated carbocycles. The molecular weight excluding hydrogens is 208 g/mol. The Morgan fingerprint density at radius 2 is 2.07 bits per heavy atom. The second-order valence-electron chi connectivity index (χ2n) is 3.28. The number of rotatable bonds is 3. The predicted molar refractivity (Wildman–Crippen MR) is 61.5 cm³/mol. The van der Waals surface area contributed by atoms with Crippen LogP contribution < -0.4 is 5.73 Å². The largest absolute Gasteiger partial charge is 0.368 e. The Morgan fingerprint density at radius 3 is 2.67 bits per heavy atom. The van der Waals surface area contributed by atoms with E-state index in [2.05, 4.69) is 46.4 Å². The van der Waals surface area contributed by atoms with E-state index >= 15 is 0 Å². The minimum Gasteiger partial charge on any atom is -0.368 e. The zero-order chi connectivity index (χ0) is 10.7. The number of nitrogens with two attached hydrogens (primary N) is 1. The first kappa shape index (κ1) is 10.0. The van der Waals surface area contributed by atoms with Gasteiger partial charge in [-0.25, -0.2) is 5.10 Å². The van der Waals surface area contributed by atoms with Crippen molar-refractivity contribution in [2.24, 2.45) is 0 Å². The van der Waals surface area contributed by atoms with Crippen molar-refractivity contribution in [2.45, 2.75) is 17.8 Å². The number of nitrogen functional groups attached to an aromatic ring is 1. The third-order valence-corrected chi connectivity index (χ3v) is 2.89. The molecule has 0 amide bonds. The maximum atomic E-state index is 5.42. The molecule has 0 aliphatic rings. The summed E-state index contributed by atoms with van der Waals surface area (Å²) in [6.07, 6.45) is 0. The van der Waals surface area contributed by atoms with E-state index in [1.807, 2.05) is 0 Å². The lowest BCUT2D eigenvalue weighted by molar-refractivity contribution is 0.973. The number of aryl methyl sites for hydroxylation is 1. The smallest absolute Gasteiger partial charge is 0.216 e. The SMILES string of the molecule is Cc1ccc(CSc2n[nH]c(N)n2)cc1. The lowest BCUT2D eigenvalue weighted by Crippen LogP contribution is -1.85. The van der Waals surface area contributed by atoms with Crippen molar-refractivity contribution in [3.8, 4) is 0 Å². The fourth-order valence-corrected chi connectivity index (χ4v) is 1.92. The van der Waals surface area contributed by atoms with Crippen molar-refractivity contribution in [3.63, 3.8) is 0 Å². The van der Waals surface area contributed by atoms with Crippen LogP contribution >= 0.6 is 11.8 Å². The van der Waals surface area contributed by atoms with E-state index in [1.54, 1.807) is 11.8 Å². The number of anilines is 1. The highest BCUT2D eigenvalue weighted by Gasteiger charge is 2.01. The van der Waals surface area contributed by atoms with Crippen molar-refractivity contribution in [1.82, 2.24) is 15.2 Å². The molecule has 0 aliphatic heterocycles. The van der Waals surface area contributed by atoms with Crippen LogP contribution in [0.25, 0.3) is 0 Å². The topological polar surface area (TPSA) is 67.6 Å². The Morgan fingerprint density at radius 1 is 1.33 bits per heavy atom. The van der Waals surface area contributed by atoms with Crippen LogP contribution in [0.1, 0.15) is 11.1 Å². The summed E-state index contributed by atoms with van der Waals surface area (Å²) < 4.78 is 0. The van der Waals surface area contributed by atoms with Crippen LogP contribution in [0.3, 0.4) is 0 Å². The molecule has 0 spiro atoms. The van der Waals surface area contributed by atoms with E-state index in [-0.39, 0.29) is 0 Å². The van der Waals surface area contributed by atoms with Crippen molar-refractivity contribution >= 4 is 17.7 Å². The van der Waals surface area contributed by atoms with Crippen LogP contribution in [0.5, 0.6) is 0 Å². The van der Waals surface area contributed by atoms with Gasteiger partial charge in [-0.3, -0.25) is 0 Å². The molecule has 78 valence electrons. The fourth-order valence-electron chi connectivity index (χ4n) is 1.15. The number of thioether (sulfide) groups is 1. The Labute approximate surface area is 92.3 Å². The molecule has 0 atom stereocenters. The molecule has 1 heterocycles. The minimum atomic E-state index is 0.362. The number of hydrogen-bond donors (Lipinski definition) is 2. The van der Waals surface area contributed by atoms with Gasteiger partial charge in [-0.15, -0.1) is 5.10 Å². The van der Waals surface area contributed by atoms with E-state index < -0.39 is 0 Å². The summed E-state index contributed by atoms with van der Waals surface area (Å²) in [7, 11) is 0. The van der Waals surface area contributed by atoms with Gasteiger partial charge in [0, 0.05) is 5.75 Å². The molecule has 2 aromatic rings. The van der Waals surface area contributed by atoms with Gasteiger partial charge < -0.3 is 5.73 Å². The molecule has 3 N–H and O–H groups in total. The molecule has 0 radical (unpaired) electrons. The van der Waals surface area contributed by atoms with Gasteiger partial charge >= 0.3 is 0 Å². The molecule has 4 nitrogen and oxygen atoms in total. The highest BCUT2D eigenvalue weighted by molar-refractivity contribution is 7.98. The molecule has 0 bridgehead atoms. The molecule has 5 heteroatoms. The summed E-state index contributed by atoms with van der Waals surface area (Å²) in [5, 5.41) is 7.25. The highest BCUT2D eigenvalue weighted by atomic mass is 32.2. The Hall–Kier alpha value is -1.49. The average molecular weight is 220 g/mol. The van der Waals surface area contributed by atoms with Crippen LogP contribution in [0, 0.1) is 6.92 Å². The normalized spacial score (nSPS) is 10.5. The Balaban J connectivity index is 1.96. The van der Waals surface area contributed by atoms with Crippen LogP contribution in [0.4, 0.5) is 5.95 Å². The molecular formula is C10H12N4S. The fraction of sp³-hybridized carbons (Fsp3) is 0.200. The lowest BCUT2D eigenvalue weighted by atomic mass is 10.2. The summed E-state index contributed by atoms with van der Waals surface area (Å²) in [6.45, 7) is 2.08. The molecule has 0 saturated heterocycles. The Bertz CT molecular complexity index is 435.